The van der Waals surface area contributed by atoms with Crippen molar-refractivity contribution in [3.8, 4) is 0 Å². The summed E-state index contributed by atoms with van der Waals surface area (Å²) < 4.78 is 3.92. The minimum absolute atomic E-state index is 0.142. The van der Waals surface area contributed by atoms with Crippen molar-refractivity contribution in [2.75, 3.05) is 5.43 Å². The van der Waals surface area contributed by atoms with Crippen molar-refractivity contribution in [1.82, 2.24) is 19.4 Å². The normalized spacial score (nSPS) is 12.3. The largest absolute Gasteiger partial charge is 0.330 e. The summed E-state index contributed by atoms with van der Waals surface area (Å²) in [6, 6.07) is 7.02. The van der Waals surface area contributed by atoms with Crippen molar-refractivity contribution in [3.63, 3.8) is 0 Å². The first-order valence-corrected chi connectivity index (χ1v) is 9.24. The molecule has 0 fully saturated rings. The molecule has 0 spiro atoms. The Morgan fingerprint density at radius 3 is 2.73 bits per heavy atom. The van der Waals surface area contributed by atoms with Crippen LogP contribution >= 0.6 is 28.1 Å². The number of halogens is 1. The number of aryl methyl sites for hydroxylation is 1. The molecule has 0 radical (unpaired) electrons. The van der Waals surface area contributed by atoms with Crippen LogP contribution < -0.4 is 11.0 Å². The number of aromatic nitrogens is 4. The molecule has 0 aliphatic heterocycles. The molecule has 9 heteroatoms. The van der Waals surface area contributed by atoms with Crippen molar-refractivity contribution < 1.29 is 4.79 Å². The lowest BCUT2D eigenvalue weighted by Crippen LogP contribution is -2.38. The van der Waals surface area contributed by atoms with Crippen LogP contribution in [-0.4, -0.2) is 25.3 Å². The van der Waals surface area contributed by atoms with Gasteiger partial charge in [-0.2, -0.15) is 9.77 Å². The monoisotopic (exact) mass is 435 g/mol. The van der Waals surface area contributed by atoms with Crippen molar-refractivity contribution in [2.45, 2.75) is 27.3 Å². The Labute approximate surface area is 163 Å². The third-order valence-corrected chi connectivity index (χ3v) is 5.65. The highest BCUT2D eigenvalue weighted by atomic mass is 79.9. The molecule has 2 heterocycles. The molecule has 1 amide bonds. The number of H-pyrrole nitrogens is 1. The molecule has 3 aromatic rings. The molecule has 2 N–H and O–H groups in total. The lowest BCUT2D eigenvalue weighted by molar-refractivity contribution is -0.120. The Kier molecular flexibility index (Phi) is 5.10. The molecule has 0 unspecified atom stereocenters. The SMILES string of the molecule is Cc1nn(C[C@@H](C)C(=O)Nn2c(=S)[nH]c3ccccc3c2=O)c(C)c1Br. The summed E-state index contributed by atoms with van der Waals surface area (Å²) in [6.45, 7) is 5.99. The standard InChI is InChI=1S/C17H18BrN5O2S/c1-9(8-22-11(3)14(18)10(2)20-22)15(24)21-23-16(25)12-6-4-5-7-13(12)19-17(23)26/h4-7,9H,8H2,1-3H3,(H,19,26)(H,21,24)/t9-/m1/s1. The molecule has 0 saturated carbocycles. The van der Waals surface area contributed by atoms with Gasteiger partial charge >= 0.3 is 0 Å². The van der Waals surface area contributed by atoms with Crippen molar-refractivity contribution in [2.24, 2.45) is 5.92 Å². The Hall–Kier alpha value is -2.26. The third-order valence-electron chi connectivity index (χ3n) is 4.21. The quantitative estimate of drug-likeness (QED) is 0.616. The van der Waals surface area contributed by atoms with Crippen LogP contribution in [0.2, 0.25) is 0 Å². The molecule has 0 bridgehead atoms. The lowest BCUT2D eigenvalue weighted by Gasteiger charge is -2.15. The number of carbonyl (C=O) groups is 1. The maximum absolute atomic E-state index is 12.6. The zero-order chi connectivity index (χ0) is 19.0. The smallest absolute Gasteiger partial charge is 0.281 e. The van der Waals surface area contributed by atoms with Gasteiger partial charge in [0.15, 0.2) is 4.77 Å². The van der Waals surface area contributed by atoms with E-state index in [0.717, 1.165) is 20.5 Å². The number of hydrogen-bond donors (Lipinski definition) is 2. The van der Waals surface area contributed by atoms with E-state index in [1.807, 2.05) is 19.9 Å². The van der Waals surface area contributed by atoms with Gasteiger partial charge in [-0.3, -0.25) is 19.7 Å². The molecule has 136 valence electrons. The van der Waals surface area contributed by atoms with E-state index in [4.69, 9.17) is 12.2 Å². The second-order valence-corrected chi connectivity index (χ2v) is 7.34. The van der Waals surface area contributed by atoms with E-state index in [-0.39, 0.29) is 16.2 Å². The van der Waals surface area contributed by atoms with E-state index in [1.165, 1.54) is 0 Å². The van der Waals surface area contributed by atoms with Crippen LogP contribution in [0, 0.1) is 24.5 Å². The highest BCUT2D eigenvalue weighted by Crippen LogP contribution is 2.20. The number of benzene rings is 1. The summed E-state index contributed by atoms with van der Waals surface area (Å²) in [4.78, 5) is 28.1. The zero-order valence-corrected chi connectivity index (χ0v) is 16.9. The Bertz CT molecular complexity index is 1110. The average molecular weight is 436 g/mol. The number of para-hydroxylation sites is 1. The maximum atomic E-state index is 12.6. The van der Waals surface area contributed by atoms with Gasteiger partial charge in [-0.1, -0.05) is 19.1 Å². The van der Waals surface area contributed by atoms with Gasteiger partial charge in [0.25, 0.3) is 5.56 Å². The van der Waals surface area contributed by atoms with E-state index >= 15 is 0 Å². The first-order chi connectivity index (χ1) is 12.3. The minimum Gasteiger partial charge on any atom is -0.330 e. The molecule has 7 nitrogen and oxygen atoms in total. The average Bonchev–Trinajstić information content (AvgIpc) is 2.85. The summed E-state index contributed by atoms with van der Waals surface area (Å²) in [5.74, 6) is -0.724. The van der Waals surface area contributed by atoms with Gasteiger partial charge in [0.05, 0.1) is 33.5 Å². The summed E-state index contributed by atoms with van der Waals surface area (Å²) >= 11 is 8.69. The molecule has 3 rings (SSSR count). The number of fused-ring (bicyclic) bond motifs is 1. The number of amides is 1. The van der Waals surface area contributed by atoms with Crippen LogP contribution in [0.1, 0.15) is 18.3 Å². The van der Waals surface area contributed by atoms with Crippen molar-refractivity contribution >= 4 is 45.0 Å². The van der Waals surface area contributed by atoms with E-state index in [9.17, 15) is 9.59 Å². The van der Waals surface area contributed by atoms with Crippen molar-refractivity contribution in [1.29, 1.82) is 0 Å². The van der Waals surface area contributed by atoms with Crippen LogP contribution in [0.5, 0.6) is 0 Å². The van der Waals surface area contributed by atoms with Crippen LogP contribution in [0.15, 0.2) is 33.5 Å². The molecule has 1 aromatic carbocycles. The molecule has 0 aliphatic rings. The predicted molar refractivity (Wildman–Crippen MR) is 106 cm³/mol. The number of rotatable bonds is 4. The number of aromatic amines is 1. The van der Waals surface area contributed by atoms with Crippen molar-refractivity contribution in [3.05, 3.63) is 55.3 Å². The van der Waals surface area contributed by atoms with Gasteiger partial charge in [-0.15, -0.1) is 0 Å². The minimum atomic E-state index is -0.410. The van der Waals surface area contributed by atoms with Gasteiger partial charge in [0.1, 0.15) is 0 Å². The van der Waals surface area contributed by atoms with E-state index in [0.29, 0.717) is 17.4 Å². The highest BCUT2D eigenvalue weighted by Gasteiger charge is 2.18. The summed E-state index contributed by atoms with van der Waals surface area (Å²) in [7, 11) is 0. The van der Waals surface area contributed by atoms with Gasteiger partial charge in [-0.25, -0.2) is 0 Å². The molecule has 0 aliphatic carbocycles. The van der Waals surface area contributed by atoms with Crippen LogP contribution in [0.3, 0.4) is 0 Å². The predicted octanol–water partition coefficient (Wildman–Crippen LogP) is 3.04. The fraction of sp³-hybridized carbons (Fsp3) is 0.294. The Balaban J connectivity index is 1.85. The fourth-order valence-electron chi connectivity index (χ4n) is 2.68. The summed E-state index contributed by atoms with van der Waals surface area (Å²) in [5, 5.41) is 4.86. The van der Waals surface area contributed by atoms with Crippen LogP contribution in [0.4, 0.5) is 0 Å². The molecular weight excluding hydrogens is 418 g/mol. The molecule has 0 saturated heterocycles. The zero-order valence-electron chi connectivity index (χ0n) is 14.5. The van der Waals surface area contributed by atoms with Crippen LogP contribution in [0.25, 0.3) is 10.9 Å². The summed E-state index contributed by atoms with van der Waals surface area (Å²) in [6.07, 6.45) is 0. The second-order valence-electron chi connectivity index (χ2n) is 6.16. The lowest BCUT2D eigenvalue weighted by atomic mass is 10.1. The van der Waals surface area contributed by atoms with Gasteiger partial charge in [0, 0.05) is 5.69 Å². The number of carbonyl (C=O) groups excluding carboxylic acids is 1. The molecule has 1 atom stereocenters. The topological polar surface area (TPSA) is 84.7 Å². The Morgan fingerprint density at radius 1 is 1.38 bits per heavy atom. The van der Waals surface area contributed by atoms with Crippen LogP contribution in [-0.2, 0) is 11.3 Å². The maximum Gasteiger partial charge on any atom is 0.281 e. The van der Waals surface area contributed by atoms with Gasteiger partial charge < -0.3 is 4.98 Å². The number of hydrogen-bond acceptors (Lipinski definition) is 4. The van der Waals surface area contributed by atoms with E-state index in [2.05, 4.69) is 31.4 Å². The molecular formula is C17H18BrN5O2S. The molecule has 26 heavy (non-hydrogen) atoms. The number of nitrogens with one attached hydrogen (secondary N) is 2. The van der Waals surface area contributed by atoms with Gasteiger partial charge in [-0.05, 0) is 54.1 Å². The first kappa shape index (κ1) is 18.5. The number of nitrogens with zero attached hydrogens (tertiary/aromatic N) is 3. The summed E-state index contributed by atoms with van der Waals surface area (Å²) in [5.41, 5.74) is 4.69. The fourth-order valence-corrected chi connectivity index (χ4v) is 3.20. The Morgan fingerprint density at radius 2 is 2.08 bits per heavy atom. The van der Waals surface area contributed by atoms with E-state index < -0.39 is 5.92 Å². The second kappa shape index (κ2) is 7.16. The molecule has 2 aromatic heterocycles. The first-order valence-electron chi connectivity index (χ1n) is 8.04. The highest BCUT2D eigenvalue weighted by molar-refractivity contribution is 9.10. The third kappa shape index (κ3) is 3.36. The van der Waals surface area contributed by atoms with E-state index in [1.54, 1.807) is 29.8 Å². The van der Waals surface area contributed by atoms with Gasteiger partial charge in [0.2, 0.25) is 5.91 Å².